The van der Waals surface area contributed by atoms with Gasteiger partial charge in [-0.15, -0.1) is 0 Å². The van der Waals surface area contributed by atoms with Crippen molar-refractivity contribution in [3.8, 4) is 0 Å². The third-order valence-corrected chi connectivity index (χ3v) is 5.87. The highest BCUT2D eigenvalue weighted by molar-refractivity contribution is 7.89. The second-order valence-corrected chi connectivity index (χ2v) is 7.15. The van der Waals surface area contributed by atoms with Crippen molar-refractivity contribution in [2.45, 2.75) is 31.1 Å². The smallest absolute Gasteiger partial charge is 0.222 e. The van der Waals surface area contributed by atoms with Gasteiger partial charge >= 0.3 is 0 Å². The van der Waals surface area contributed by atoms with Crippen LogP contribution in [0.2, 0.25) is 0 Å². The molecule has 0 bridgehead atoms. The van der Waals surface area contributed by atoms with Gasteiger partial charge in [-0.25, -0.2) is 12.7 Å². The summed E-state index contributed by atoms with van der Waals surface area (Å²) in [6.07, 6.45) is 6.47. The van der Waals surface area contributed by atoms with Gasteiger partial charge in [-0.3, -0.25) is 9.97 Å². The average molecular weight is 284 g/mol. The predicted molar refractivity (Wildman–Crippen MR) is 73.0 cm³/mol. The maximum absolute atomic E-state index is 12.6. The van der Waals surface area contributed by atoms with Crippen LogP contribution >= 0.6 is 0 Å². The predicted octanol–water partition coefficient (Wildman–Crippen LogP) is 0.551. The van der Waals surface area contributed by atoms with Gasteiger partial charge in [-0.05, 0) is 26.3 Å². The van der Waals surface area contributed by atoms with Gasteiger partial charge in [0.1, 0.15) is 5.25 Å². The van der Waals surface area contributed by atoms with Gasteiger partial charge in [0.05, 0.1) is 5.69 Å². The minimum Gasteiger partial charge on any atom is -0.315 e. The SMILES string of the molecule is C[C@H](c1cnccn1)S(=O)(=O)N(C)[C@H]1CCCNC1. The second kappa shape index (κ2) is 5.94. The van der Waals surface area contributed by atoms with Gasteiger partial charge in [0.25, 0.3) is 0 Å². The molecular weight excluding hydrogens is 264 g/mol. The molecular formula is C12H20N4O2S. The number of rotatable bonds is 4. The molecule has 0 amide bonds. The van der Waals surface area contributed by atoms with Gasteiger partial charge in [0, 0.05) is 38.2 Å². The highest BCUT2D eigenvalue weighted by atomic mass is 32.2. The zero-order chi connectivity index (χ0) is 13.9. The van der Waals surface area contributed by atoms with Crippen LogP contribution in [0.3, 0.4) is 0 Å². The van der Waals surface area contributed by atoms with E-state index in [1.54, 1.807) is 14.0 Å². The highest BCUT2D eigenvalue weighted by Crippen LogP contribution is 2.25. The van der Waals surface area contributed by atoms with Crippen molar-refractivity contribution in [3.05, 3.63) is 24.3 Å². The Morgan fingerprint density at radius 3 is 2.84 bits per heavy atom. The Balaban J connectivity index is 2.17. The number of nitrogens with one attached hydrogen (secondary N) is 1. The fourth-order valence-corrected chi connectivity index (χ4v) is 3.80. The van der Waals surface area contributed by atoms with Crippen LogP contribution in [0.4, 0.5) is 0 Å². The van der Waals surface area contributed by atoms with Crippen LogP contribution in [0.25, 0.3) is 0 Å². The van der Waals surface area contributed by atoms with Crippen LogP contribution in [-0.2, 0) is 10.0 Å². The van der Waals surface area contributed by atoms with Gasteiger partial charge in [0.15, 0.2) is 0 Å². The van der Waals surface area contributed by atoms with Crippen molar-refractivity contribution in [2.24, 2.45) is 0 Å². The van der Waals surface area contributed by atoms with Crippen LogP contribution in [0.5, 0.6) is 0 Å². The molecule has 1 aromatic heterocycles. The van der Waals surface area contributed by atoms with Crippen LogP contribution in [-0.4, -0.2) is 48.9 Å². The number of aromatic nitrogens is 2. The van der Waals surface area contributed by atoms with E-state index in [-0.39, 0.29) is 6.04 Å². The number of hydrogen-bond acceptors (Lipinski definition) is 5. The number of piperidine rings is 1. The number of hydrogen-bond donors (Lipinski definition) is 1. The Bertz CT molecular complexity index is 500. The molecule has 0 aliphatic carbocycles. The minimum absolute atomic E-state index is 0.0258. The Kier molecular flexibility index (Phi) is 4.49. The number of nitrogens with zero attached hydrogens (tertiary/aromatic N) is 3. The van der Waals surface area contributed by atoms with Gasteiger partial charge in [-0.2, -0.15) is 0 Å². The van der Waals surface area contributed by atoms with E-state index in [2.05, 4.69) is 15.3 Å². The van der Waals surface area contributed by atoms with E-state index in [1.165, 1.54) is 22.9 Å². The van der Waals surface area contributed by atoms with E-state index in [4.69, 9.17) is 0 Å². The molecule has 2 atom stereocenters. The molecule has 2 rings (SSSR count). The maximum atomic E-state index is 12.6. The quantitative estimate of drug-likeness (QED) is 0.874. The molecule has 2 heterocycles. The molecule has 1 saturated heterocycles. The van der Waals surface area contributed by atoms with Crippen molar-refractivity contribution in [2.75, 3.05) is 20.1 Å². The molecule has 1 N–H and O–H groups in total. The van der Waals surface area contributed by atoms with Gasteiger partial charge in [0.2, 0.25) is 10.0 Å². The Morgan fingerprint density at radius 1 is 1.47 bits per heavy atom. The fraction of sp³-hybridized carbons (Fsp3) is 0.667. The van der Waals surface area contributed by atoms with E-state index < -0.39 is 15.3 Å². The van der Waals surface area contributed by atoms with E-state index >= 15 is 0 Å². The molecule has 0 aromatic carbocycles. The third-order valence-electron chi connectivity index (χ3n) is 3.63. The summed E-state index contributed by atoms with van der Waals surface area (Å²) in [7, 11) is -1.75. The number of sulfonamides is 1. The first-order chi connectivity index (χ1) is 9.03. The molecule has 1 aromatic rings. The lowest BCUT2D eigenvalue weighted by atomic mass is 10.1. The summed E-state index contributed by atoms with van der Waals surface area (Å²) in [6, 6.07) is 0.0258. The molecule has 0 unspecified atom stereocenters. The van der Waals surface area contributed by atoms with E-state index in [0.717, 1.165) is 19.4 Å². The van der Waals surface area contributed by atoms with Crippen molar-refractivity contribution in [1.29, 1.82) is 0 Å². The van der Waals surface area contributed by atoms with Gasteiger partial charge < -0.3 is 5.32 Å². The molecule has 7 heteroatoms. The van der Waals surface area contributed by atoms with E-state index in [1.807, 2.05) is 0 Å². The Labute approximate surface area is 114 Å². The molecule has 1 fully saturated rings. The standard InChI is InChI=1S/C12H20N4O2S/c1-10(12-9-14-6-7-15-12)19(17,18)16(2)11-4-3-5-13-8-11/h6-7,9-11,13H,3-5,8H2,1-2H3/t10-,11+/m1/s1. The summed E-state index contributed by atoms with van der Waals surface area (Å²) in [5.41, 5.74) is 0.484. The molecule has 1 aliphatic heterocycles. The van der Waals surface area contributed by atoms with Crippen molar-refractivity contribution >= 4 is 10.0 Å². The first-order valence-corrected chi connectivity index (χ1v) is 7.97. The monoisotopic (exact) mass is 284 g/mol. The molecule has 106 valence electrons. The van der Waals surface area contributed by atoms with E-state index in [0.29, 0.717) is 12.2 Å². The fourth-order valence-electron chi connectivity index (χ4n) is 2.27. The summed E-state index contributed by atoms with van der Waals surface area (Å²) in [6.45, 7) is 3.33. The topological polar surface area (TPSA) is 75.2 Å². The molecule has 0 saturated carbocycles. The molecule has 19 heavy (non-hydrogen) atoms. The summed E-state index contributed by atoms with van der Waals surface area (Å²) < 4.78 is 26.6. The van der Waals surface area contributed by atoms with Crippen LogP contribution in [0.15, 0.2) is 18.6 Å². The highest BCUT2D eigenvalue weighted by Gasteiger charge is 2.33. The lowest BCUT2D eigenvalue weighted by Gasteiger charge is -2.32. The Morgan fingerprint density at radius 2 is 2.26 bits per heavy atom. The van der Waals surface area contributed by atoms with Crippen LogP contribution in [0, 0.1) is 0 Å². The first-order valence-electron chi connectivity index (χ1n) is 6.47. The lowest BCUT2D eigenvalue weighted by molar-refractivity contribution is 0.297. The lowest BCUT2D eigenvalue weighted by Crippen LogP contribution is -2.47. The van der Waals surface area contributed by atoms with E-state index in [9.17, 15) is 8.42 Å². The molecule has 0 spiro atoms. The minimum atomic E-state index is -3.40. The van der Waals surface area contributed by atoms with Gasteiger partial charge in [-0.1, -0.05) is 0 Å². The molecule has 6 nitrogen and oxygen atoms in total. The average Bonchev–Trinajstić information content (AvgIpc) is 2.47. The van der Waals surface area contributed by atoms with Crippen LogP contribution < -0.4 is 5.32 Å². The van der Waals surface area contributed by atoms with Crippen LogP contribution in [0.1, 0.15) is 30.7 Å². The first kappa shape index (κ1) is 14.4. The summed E-state index contributed by atoms with van der Waals surface area (Å²) >= 11 is 0. The maximum Gasteiger partial charge on any atom is 0.222 e. The van der Waals surface area contributed by atoms with Crippen molar-refractivity contribution in [3.63, 3.8) is 0 Å². The third kappa shape index (κ3) is 3.10. The van der Waals surface area contributed by atoms with Crippen molar-refractivity contribution in [1.82, 2.24) is 19.6 Å². The Hall–Kier alpha value is -1.05. The zero-order valence-corrected chi connectivity index (χ0v) is 12.1. The summed E-state index contributed by atoms with van der Waals surface area (Å²) in [5.74, 6) is 0. The summed E-state index contributed by atoms with van der Waals surface area (Å²) in [4.78, 5) is 8.02. The number of likely N-dealkylation sites (N-methyl/N-ethyl adjacent to an activating group) is 1. The van der Waals surface area contributed by atoms with Crippen molar-refractivity contribution < 1.29 is 8.42 Å². The summed E-state index contributed by atoms with van der Waals surface area (Å²) in [5, 5.41) is 2.56. The zero-order valence-electron chi connectivity index (χ0n) is 11.3. The molecule has 0 radical (unpaired) electrons. The molecule has 1 aliphatic rings. The normalized spacial score (nSPS) is 22.4. The largest absolute Gasteiger partial charge is 0.315 e. The second-order valence-electron chi connectivity index (χ2n) is 4.83.